The van der Waals surface area contributed by atoms with Gasteiger partial charge in [-0.3, -0.25) is 0 Å². The molecule has 0 heterocycles. The van der Waals surface area contributed by atoms with Crippen molar-refractivity contribution in [2.75, 3.05) is 21.3 Å². The molecule has 0 saturated heterocycles. The first-order valence-electron chi connectivity index (χ1n) is 8.64. The molecule has 3 aromatic rings. The zero-order valence-electron chi connectivity index (χ0n) is 15.9. The predicted octanol–water partition coefficient (Wildman–Crippen LogP) is 4.60. The molecule has 142 valence electrons. The zero-order chi connectivity index (χ0) is 20.1. The number of carbonyl (C=O) groups excluding carboxylic acids is 2. The lowest BCUT2D eigenvalue weighted by Gasteiger charge is -2.17. The van der Waals surface area contributed by atoms with Gasteiger partial charge in [-0.1, -0.05) is 54.6 Å². The van der Waals surface area contributed by atoms with E-state index < -0.39 is 11.9 Å². The number of benzene rings is 3. The third-order valence-corrected chi connectivity index (χ3v) is 4.46. The van der Waals surface area contributed by atoms with E-state index in [0.29, 0.717) is 28.0 Å². The molecule has 28 heavy (non-hydrogen) atoms. The van der Waals surface area contributed by atoms with Crippen LogP contribution in [0.2, 0.25) is 0 Å². The van der Waals surface area contributed by atoms with Gasteiger partial charge in [-0.05, 0) is 23.3 Å². The summed E-state index contributed by atoms with van der Waals surface area (Å²) in [7, 11) is 4.25. The summed E-state index contributed by atoms with van der Waals surface area (Å²) in [5, 5.41) is 0. The van der Waals surface area contributed by atoms with E-state index in [1.165, 1.54) is 14.2 Å². The maximum absolute atomic E-state index is 12.2. The third kappa shape index (κ3) is 3.47. The first-order valence-corrected chi connectivity index (χ1v) is 8.64. The van der Waals surface area contributed by atoms with E-state index in [1.54, 1.807) is 31.4 Å². The van der Waals surface area contributed by atoms with Crippen molar-refractivity contribution in [2.45, 2.75) is 0 Å². The molecular formula is C23H20O5. The summed E-state index contributed by atoms with van der Waals surface area (Å²) in [5.74, 6) is -0.314. The second-order valence-electron chi connectivity index (χ2n) is 5.96. The number of esters is 2. The highest BCUT2D eigenvalue weighted by atomic mass is 16.5. The standard InChI is InChI=1S/C23H20O5/c1-26-21-17(15-9-4-6-11-19(15)22(24)27-2)13-8-14-18(21)16-10-5-7-12-20(16)23(25)28-3/h4-14H,1-3H3. The van der Waals surface area contributed by atoms with Crippen LogP contribution >= 0.6 is 0 Å². The molecule has 0 N–H and O–H groups in total. The van der Waals surface area contributed by atoms with E-state index in [2.05, 4.69) is 0 Å². The van der Waals surface area contributed by atoms with Crippen molar-refractivity contribution in [3.8, 4) is 28.0 Å². The highest BCUT2D eigenvalue weighted by molar-refractivity contribution is 6.01. The Morgan fingerprint density at radius 2 is 0.964 bits per heavy atom. The molecule has 0 bridgehead atoms. The smallest absolute Gasteiger partial charge is 0.338 e. The minimum Gasteiger partial charge on any atom is -0.495 e. The molecule has 5 nitrogen and oxygen atoms in total. The molecule has 0 spiro atoms. The quantitative estimate of drug-likeness (QED) is 0.609. The molecule has 0 atom stereocenters. The minimum atomic E-state index is -0.432. The highest BCUT2D eigenvalue weighted by Crippen LogP contribution is 2.41. The molecule has 3 aromatic carbocycles. The minimum absolute atomic E-state index is 0.432. The van der Waals surface area contributed by atoms with Crippen molar-refractivity contribution >= 4 is 11.9 Å². The third-order valence-electron chi connectivity index (χ3n) is 4.46. The second kappa shape index (κ2) is 8.39. The first kappa shape index (κ1) is 19.2. The van der Waals surface area contributed by atoms with Gasteiger partial charge in [0, 0.05) is 11.1 Å². The van der Waals surface area contributed by atoms with Crippen LogP contribution in [0.3, 0.4) is 0 Å². The van der Waals surface area contributed by atoms with Crippen molar-refractivity contribution in [1.29, 1.82) is 0 Å². The van der Waals surface area contributed by atoms with Crippen LogP contribution < -0.4 is 4.74 Å². The van der Waals surface area contributed by atoms with E-state index in [4.69, 9.17) is 14.2 Å². The molecule has 0 aromatic heterocycles. The van der Waals surface area contributed by atoms with E-state index in [-0.39, 0.29) is 0 Å². The fourth-order valence-electron chi connectivity index (χ4n) is 3.19. The van der Waals surface area contributed by atoms with Crippen LogP contribution in [0, 0.1) is 0 Å². The summed E-state index contributed by atoms with van der Waals surface area (Å²) in [6, 6.07) is 19.9. The Bertz CT molecular complexity index is 945. The number of hydrogen-bond acceptors (Lipinski definition) is 5. The van der Waals surface area contributed by atoms with Gasteiger partial charge in [-0.15, -0.1) is 0 Å². The number of ether oxygens (including phenoxy) is 3. The van der Waals surface area contributed by atoms with E-state index in [9.17, 15) is 9.59 Å². The number of carbonyl (C=O) groups is 2. The van der Waals surface area contributed by atoms with Gasteiger partial charge in [-0.25, -0.2) is 9.59 Å². The van der Waals surface area contributed by atoms with Gasteiger partial charge in [-0.2, -0.15) is 0 Å². The van der Waals surface area contributed by atoms with Gasteiger partial charge < -0.3 is 14.2 Å². The largest absolute Gasteiger partial charge is 0.495 e. The topological polar surface area (TPSA) is 61.8 Å². The Hall–Kier alpha value is -3.60. The maximum atomic E-state index is 12.2. The lowest BCUT2D eigenvalue weighted by Crippen LogP contribution is -2.05. The molecule has 0 aliphatic carbocycles. The monoisotopic (exact) mass is 376 g/mol. The van der Waals surface area contributed by atoms with Crippen LogP contribution in [0.5, 0.6) is 5.75 Å². The van der Waals surface area contributed by atoms with Crippen molar-refractivity contribution < 1.29 is 23.8 Å². The van der Waals surface area contributed by atoms with Gasteiger partial charge >= 0.3 is 11.9 Å². The lowest BCUT2D eigenvalue weighted by atomic mass is 9.92. The van der Waals surface area contributed by atoms with Crippen LogP contribution in [0.25, 0.3) is 22.3 Å². The van der Waals surface area contributed by atoms with Crippen molar-refractivity contribution in [3.05, 3.63) is 77.9 Å². The average molecular weight is 376 g/mol. The molecular weight excluding hydrogens is 356 g/mol. The normalized spacial score (nSPS) is 10.2. The van der Waals surface area contributed by atoms with Crippen LogP contribution in [0.1, 0.15) is 20.7 Å². The van der Waals surface area contributed by atoms with Gasteiger partial charge in [0.25, 0.3) is 0 Å². The summed E-state index contributed by atoms with van der Waals surface area (Å²) in [6.07, 6.45) is 0. The van der Waals surface area contributed by atoms with Gasteiger partial charge in [0.15, 0.2) is 0 Å². The van der Waals surface area contributed by atoms with Crippen LogP contribution in [-0.2, 0) is 9.47 Å². The number of para-hydroxylation sites is 1. The molecule has 0 aliphatic rings. The van der Waals surface area contributed by atoms with Crippen molar-refractivity contribution in [2.24, 2.45) is 0 Å². The predicted molar refractivity (Wildman–Crippen MR) is 107 cm³/mol. The van der Waals surface area contributed by atoms with Crippen molar-refractivity contribution in [3.63, 3.8) is 0 Å². The van der Waals surface area contributed by atoms with Gasteiger partial charge in [0.05, 0.1) is 32.5 Å². The summed E-state index contributed by atoms with van der Waals surface area (Å²) in [6.45, 7) is 0. The summed E-state index contributed by atoms with van der Waals surface area (Å²) < 4.78 is 15.5. The Labute approximate surface area is 163 Å². The number of rotatable bonds is 5. The van der Waals surface area contributed by atoms with Gasteiger partial charge in [0.2, 0.25) is 0 Å². The summed E-state index contributed by atoms with van der Waals surface area (Å²) >= 11 is 0. The Kier molecular flexibility index (Phi) is 5.75. The highest BCUT2D eigenvalue weighted by Gasteiger charge is 2.21. The molecule has 0 radical (unpaired) electrons. The van der Waals surface area contributed by atoms with Crippen LogP contribution in [-0.4, -0.2) is 33.3 Å². The fraction of sp³-hybridized carbons (Fsp3) is 0.130. The van der Waals surface area contributed by atoms with Crippen molar-refractivity contribution in [1.82, 2.24) is 0 Å². The SMILES string of the molecule is COC(=O)c1ccccc1-c1cccc(-c2ccccc2C(=O)OC)c1OC. The van der Waals surface area contributed by atoms with E-state index in [0.717, 1.165) is 11.1 Å². The first-order chi connectivity index (χ1) is 13.6. The Morgan fingerprint density at radius 1 is 0.571 bits per heavy atom. The number of hydrogen-bond donors (Lipinski definition) is 0. The maximum Gasteiger partial charge on any atom is 0.338 e. The molecule has 0 amide bonds. The lowest BCUT2D eigenvalue weighted by molar-refractivity contribution is 0.0592. The summed E-state index contributed by atoms with van der Waals surface area (Å²) in [5.41, 5.74) is 3.68. The molecule has 0 fully saturated rings. The Morgan fingerprint density at radius 3 is 1.36 bits per heavy atom. The average Bonchev–Trinajstić information content (AvgIpc) is 2.77. The van der Waals surface area contributed by atoms with Gasteiger partial charge in [0.1, 0.15) is 5.75 Å². The van der Waals surface area contributed by atoms with E-state index >= 15 is 0 Å². The Balaban J connectivity index is 2.26. The molecule has 3 rings (SSSR count). The van der Waals surface area contributed by atoms with Crippen LogP contribution in [0.4, 0.5) is 0 Å². The molecule has 0 aliphatic heterocycles. The molecule has 0 unspecified atom stereocenters. The van der Waals surface area contributed by atoms with E-state index in [1.807, 2.05) is 42.5 Å². The molecule has 0 saturated carbocycles. The van der Waals surface area contributed by atoms with Crippen LogP contribution in [0.15, 0.2) is 66.7 Å². The summed E-state index contributed by atoms with van der Waals surface area (Å²) in [4.78, 5) is 24.4. The second-order valence-corrected chi connectivity index (χ2v) is 5.96. The molecule has 5 heteroatoms. The zero-order valence-corrected chi connectivity index (χ0v) is 15.9. The fourth-order valence-corrected chi connectivity index (χ4v) is 3.19. The number of methoxy groups -OCH3 is 3.